The van der Waals surface area contributed by atoms with E-state index in [1.165, 1.54) is 33.8 Å². The summed E-state index contributed by atoms with van der Waals surface area (Å²) in [6.07, 6.45) is 13.2. The Morgan fingerprint density at radius 3 is 2.39 bits per heavy atom. The Morgan fingerprint density at radius 1 is 1.35 bits per heavy atom. The van der Waals surface area contributed by atoms with Gasteiger partial charge in [0.1, 0.15) is 0 Å². The van der Waals surface area contributed by atoms with Gasteiger partial charge in [-0.25, -0.2) is 0 Å². The molecule has 124 valence electrons. The van der Waals surface area contributed by atoms with Gasteiger partial charge in [-0.15, -0.1) is 0 Å². The van der Waals surface area contributed by atoms with E-state index in [-0.39, 0.29) is 0 Å². The van der Waals surface area contributed by atoms with Gasteiger partial charge in [-0.3, -0.25) is 0 Å². The fraction of sp³-hybridized carbons (Fsp3) is 0.364. The SMILES string of the molecule is C=C/C(C)=C(\C=C/C)Sc1ccccc1C.CCC1(C)C=CC1. The topological polar surface area (TPSA) is 0 Å². The largest absolute Gasteiger partial charge is 0.0988 e. The van der Waals surface area contributed by atoms with Gasteiger partial charge in [0.05, 0.1) is 0 Å². The minimum atomic E-state index is 0.583. The Morgan fingerprint density at radius 2 is 2.00 bits per heavy atom. The molecule has 0 bridgehead atoms. The number of aryl methyl sites for hydroxylation is 1. The van der Waals surface area contributed by atoms with Crippen molar-refractivity contribution in [2.24, 2.45) is 5.41 Å². The Bertz CT molecular complexity index is 604. The number of benzene rings is 1. The van der Waals surface area contributed by atoms with Crippen LogP contribution in [-0.4, -0.2) is 0 Å². The van der Waals surface area contributed by atoms with E-state index in [4.69, 9.17) is 0 Å². The van der Waals surface area contributed by atoms with E-state index in [1.54, 1.807) is 11.8 Å². The van der Waals surface area contributed by atoms with Crippen molar-refractivity contribution in [2.75, 3.05) is 0 Å². The molecule has 0 aliphatic heterocycles. The molecule has 0 heterocycles. The highest BCUT2D eigenvalue weighted by atomic mass is 32.2. The molecule has 0 radical (unpaired) electrons. The standard InChI is InChI=1S/C15H18S.C7H12/c1-5-9-14(12(3)6-2)16-15-11-8-7-10-13(15)4;1-3-7(2)5-4-6-7/h5-11H,2H2,1,3-4H3;4-5H,3,6H2,1-2H3/b9-5-,14-12+;. The van der Waals surface area contributed by atoms with Crippen LogP contribution in [0.1, 0.15) is 46.1 Å². The molecule has 1 heteroatoms. The van der Waals surface area contributed by atoms with E-state index in [0.29, 0.717) is 5.41 Å². The third kappa shape index (κ3) is 6.27. The molecule has 1 unspecified atom stereocenters. The molecular weight excluding hydrogens is 296 g/mol. The fourth-order valence-electron chi connectivity index (χ4n) is 2.07. The van der Waals surface area contributed by atoms with Crippen molar-refractivity contribution in [1.82, 2.24) is 0 Å². The van der Waals surface area contributed by atoms with Crippen molar-refractivity contribution in [3.05, 3.63) is 77.3 Å². The first-order chi connectivity index (χ1) is 11.0. The Hall–Kier alpha value is -1.47. The van der Waals surface area contributed by atoms with Gasteiger partial charge in [0, 0.05) is 9.80 Å². The average molecular weight is 327 g/mol. The molecule has 1 aromatic carbocycles. The second-order valence-electron chi connectivity index (χ2n) is 6.23. The van der Waals surface area contributed by atoms with Crippen LogP contribution in [0, 0.1) is 12.3 Å². The summed E-state index contributed by atoms with van der Waals surface area (Å²) >= 11 is 1.79. The van der Waals surface area contributed by atoms with E-state index in [9.17, 15) is 0 Å². The van der Waals surface area contributed by atoms with Crippen LogP contribution in [0.5, 0.6) is 0 Å². The van der Waals surface area contributed by atoms with Gasteiger partial charge in [0.15, 0.2) is 0 Å². The summed E-state index contributed by atoms with van der Waals surface area (Å²) in [5.41, 5.74) is 3.11. The Kier molecular flexibility index (Phi) is 8.19. The van der Waals surface area contributed by atoms with E-state index in [0.717, 1.165) is 0 Å². The van der Waals surface area contributed by atoms with Crippen LogP contribution in [0.25, 0.3) is 0 Å². The summed E-state index contributed by atoms with van der Waals surface area (Å²) in [6.45, 7) is 14.6. The van der Waals surface area contributed by atoms with Gasteiger partial charge in [-0.1, -0.05) is 80.8 Å². The van der Waals surface area contributed by atoms with Crippen LogP contribution >= 0.6 is 11.8 Å². The number of hydrogen-bond donors (Lipinski definition) is 0. The second kappa shape index (κ2) is 9.62. The highest BCUT2D eigenvalue weighted by Crippen LogP contribution is 2.35. The smallest absolute Gasteiger partial charge is 0.0151 e. The minimum absolute atomic E-state index is 0.583. The zero-order valence-corrected chi connectivity index (χ0v) is 16.0. The molecule has 2 rings (SSSR count). The number of allylic oxidation sites excluding steroid dienone is 6. The van der Waals surface area contributed by atoms with Crippen LogP contribution in [0.2, 0.25) is 0 Å². The number of rotatable bonds is 5. The van der Waals surface area contributed by atoms with Gasteiger partial charge < -0.3 is 0 Å². The molecule has 0 nitrogen and oxygen atoms in total. The van der Waals surface area contributed by atoms with Crippen molar-refractivity contribution in [3.63, 3.8) is 0 Å². The van der Waals surface area contributed by atoms with E-state index >= 15 is 0 Å². The van der Waals surface area contributed by atoms with E-state index < -0.39 is 0 Å². The van der Waals surface area contributed by atoms with Crippen LogP contribution in [0.4, 0.5) is 0 Å². The molecule has 0 N–H and O–H groups in total. The van der Waals surface area contributed by atoms with Gasteiger partial charge in [0.2, 0.25) is 0 Å². The lowest BCUT2D eigenvalue weighted by atomic mass is 9.76. The van der Waals surface area contributed by atoms with Gasteiger partial charge in [-0.05, 0) is 56.2 Å². The van der Waals surface area contributed by atoms with Crippen molar-refractivity contribution in [2.45, 2.75) is 52.4 Å². The molecule has 0 saturated heterocycles. The maximum atomic E-state index is 3.82. The van der Waals surface area contributed by atoms with Crippen LogP contribution < -0.4 is 0 Å². The molecule has 1 aliphatic carbocycles. The first-order valence-corrected chi connectivity index (χ1v) is 9.14. The maximum absolute atomic E-state index is 3.82. The van der Waals surface area contributed by atoms with Gasteiger partial charge >= 0.3 is 0 Å². The second-order valence-corrected chi connectivity index (χ2v) is 7.32. The first-order valence-electron chi connectivity index (χ1n) is 8.33. The lowest BCUT2D eigenvalue weighted by Crippen LogP contribution is -2.16. The minimum Gasteiger partial charge on any atom is -0.0988 e. The zero-order valence-electron chi connectivity index (χ0n) is 15.2. The van der Waals surface area contributed by atoms with Gasteiger partial charge in [0.25, 0.3) is 0 Å². The fourth-order valence-corrected chi connectivity index (χ4v) is 3.13. The molecule has 0 spiro atoms. The first kappa shape index (κ1) is 19.6. The third-order valence-corrected chi connectivity index (χ3v) is 5.59. The molecule has 0 saturated carbocycles. The Labute approximate surface area is 147 Å². The predicted octanol–water partition coefficient (Wildman–Crippen LogP) is 7.49. The molecule has 1 atom stereocenters. The quantitative estimate of drug-likeness (QED) is 0.307. The van der Waals surface area contributed by atoms with Crippen LogP contribution in [0.3, 0.4) is 0 Å². The zero-order chi connectivity index (χ0) is 17.3. The highest BCUT2D eigenvalue weighted by molar-refractivity contribution is 8.03. The lowest BCUT2D eigenvalue weighted by Gasteiger charge is -2.29. The molecule has 0 aromatic heterocycles. The highest BCUT2D eigenvalue weighted by Gasteiger charge is 2.21. The normalized spacial score (nSPS) is 20.4. The summed E-state index contributed by atoms with van der Waals surface area (Å²) in [4.78, 5) is 2.56. The summed E-state index contributed by atoms with van der Waals surface area (Å²) in [5.74, 6) is 0. The summed E-state index contributed by atoms with van der Waals surface area (Å²) in [7, 11) is 0. The monoisotopic (exact) mass is 326 g/mol. The molecule has 0 fully saturated rings. The van der Waals surface area contributed by atoms with Crippen molar-refractivity contribution in [1.29, 1.82) is 0 Å². The average Bonchev–Trinajstić information content (AvgIpc) is 2.54. The van der Waals surface area contributed by atoms with E-state index in [1.807, 2.05) is 13.0 Å². The summed E-state index contributed by atoms with van der Waals surface area (Å²) in [5, 5.41) is 0. The van der Waals surface area contributed by atoms with Crippen LogP contribution in [-0.2, 0) is 0 Å². The molecular formula is C22H30S. The van der Waals surface area contributed by atoms with Crippen LogP contribution in [0.15, 0.2) is 76.6 Å². The summed E-state index contributed by atoms with van der Waals surface area (Å²) in [6, 6.07) is 8.43. The Balaban J connectivity index is 0.000000313. The maximum Gasteiger partial charge on any atom is 0.0151 e. The lowest BCUT2D eigenvalue weighted by molar-refractivity contribution is 0.378. The molecule has 0 amide bonds. The molecule has 1 aliphatic rings. The third-order valence-electron chi connectivity index (χ3n) is 4.24. The van der Waals surface area contributed by atoms with Crippen molar-refractivity contribution in [3.8, 4) is 0 Å². The van der Waals surface area contributed by atoms with Crippen molar-refractivity contribution < 1.29 is 0 Å². The number of thioether (sulfide) groups is 1. The number of hydrogen-bond acceptors (Lipinski definition) is 1. The van der Waals surface area contributed by atoms with Gasteiger partial charge in [-0.2, -0.15) is 0 Å². The van der Waals surface area contributed by atoms with E-state index in [2.05, 4.69) is 82.8 Å². The van der Waals surface area contributed by atoms with Crippen molar-refractivity contribution >= 4 is 11.8 Å². The molecule has 23 heavy (non-hydrogen) atoms. The molecule has 1 aromatic rings. The summed E-state index contributed by atoms with van der Waals surface area (Å²) < 4.78 is 0. The predicted molar refractivity (Wildman–Crippen MR) is 107 cm³/mol.